The summed E-state index contributed by atoms with van der Waals surface area (Å²) in [5.41, 5.74) is 6.29. The van der Waals surface area contributed by atoms with Crippen molar-refractivity contribution in [3.63, 3.8) is 0 Å². The topological polar surface area (TPSA) is 78.8 Å². The predicted octanol–water partition coefficient (Wildman–Crippen LogP) is -0.186. The number of fused-ring (bicyclic) bond motifs is 1. The minimum atomic E-state index is -1.30. The summed E-state index contributed by atoms with van der Waals surface area (Å²) in [5.74, 6) is 0. The molecule has 0 amide bonds. The minimum Gasteiger partial charge on any atom is -0.368 e. The van der Waals surface area contributed by atoms with Crippen LogP contribution in [-0.4, -0.2) is 39.7 Å². The zero-order valence-corrected chi connectivity index (χ0v) is 12.0. The number of aromatic nitrogens is 2. The third-order valence-corrected chi connectivity index (χ3v) is 4.05. The smallest absolute Gasteiger partial charge is 0.127 e. The summed E-state index contributed by atoms with van der Waals surface area (Å²) in [6.45, 7) is 2.52. The normalized spacial score (nSPS) is 29.0. The predicted molar refractivity (Wildman–Crippen MR) is 76.6 cm³/mol. The fraction of sp³-hybridized carbons (Fsp3) is 0.533. The van der Waals surface area contributed by atoms with Gasteiger partial charge in [0.05, 0.1) is 18.2 Å². The lowest BCUT2D eigenvalue weighted by Crippen LogP contribution is -2.54. The number of hydrogen-bond acceptors (Lipinski definition) is 5. The zero-order chi connectivity index (χ0) is 15.0. The number of alkyl halides is 1. The molecule has 0 radical (unpaired) electrons. The molecule has 1 aromatic heterocycles. The Morgan fingerprint density at radius 3 is 2.76 bits per heavy atom. The highest BCUT2D eigenvalue weighted by molar-refractivity contribution is 5.64. The van der Waals surface area contributed by atoms with Gasteiger partial charge in [-0.1, -0.05) is 0 Å². The minimum absolute atomic E-state index is 0.192. The van der Waals surface area contributed by atoms with Gasteiger partial charge in [0, 0.05) is 30.7 Å². The van der Waals surface area contributed by atoms with Crippen LogP contribution in [0, 0.1) is 11.3 Å². The second-order valence-electron chi connectivity index (χ2n) is 6.05. The van der Waals surface area contributed by atoms with Gasteiger partial charge in [-0.15, -0.1) is 0 Å². The van der Waals surface area contributed by atoms with Crippen LogP contribution in [0.3, 0.4) is 0 Å². The Balaban J connectivity index is 2.14. The summed E-state index contributed by atoms with van der Waals surface area (Å²) in [6, 6.07) is 2.00. The van der Waals surface area contributed by atoms with Gasteiger partial charge in [0.1, 0.15) is 16.4 Å². The Morgan fingerprint density at radius 2 is 2.10 bits per heavy atom. The third-order valence-electron chi connectivity index (χ3n) is 4.05. The van der Waals surface area contributed by atoms with Crippen molar-refractivity contribution >= 4 is 11.3 Å². The molecule has 2 atom stereocenters. The molecule has 2 aliphatic rings. The molecule has 21 heavy (non-hydrogen) atoms. The molecule has 0 saturated carbocycles. The molecular formula is C15H18FN5. The van der Waals surface area contributed by atoms with E-state index in [9.17, 15) is 9.65 Å². The Morgan fingerprint density at radius 1 is 1.38 bits per heavy atom. The molecule has 6 heteroatoms. The van der Waals surface area contributed by atoms with Gasteiger partial charge >= 0.3 is 0 Å². The van der Waals surface area contributed by atoms with Crippen LogP contribution in [0.1, 0.15) is 26.2 Å². The van der Waals surface area contributed by atoms with Crippen molar-refractivity contribution < 1.29 is 4.39 Å². The lowest BCUT2D eigenvalue weighted by Gasteiger charge is -2.41. The quantitative estimate of drug-likeness (QED) is 0.775. The first kappa shape index (κ1) is 14.0. The lowest BCUT2D eigenvalue weighted by atomic mass is 9.92. The summed E-state index contributed by atoms with van der Waals surface area (Å²) < 4.78 is 14.4. The number of nitrogens with zero attached hydrogens (tertiary/aromatic N) is 4. The van der Waals surface area contributed by atoms with Crippen LogP contribution in [0.4, 0.5) is 4.39 Å². The summed E-state index contributed by atoms with van der Waals surface area (Å²) in [7, 11) is 0. The van der Waals surface area contributed by atoms with Crippen molar-refractivity contribution in [2.45, 2.75) is 37.9 Å². The van der Waals surface area contributed by atoms with Crippen LogP contribution >= 0.6 is 0 Å². The number of piperidine rings is 1. The van der Waals surface area contributed by atoms with Crippen molar-refractivity contribution in [1.29, 1.82) is 5.26 Å². The van der Waals surface area contributed by atoms with Crippen molar-refractivity contribution in [3.05, 3.63) is 23.1 Å². The molecule has 110 valence electrons. The van der Waals surface area contributed by atoms with Gasteiger partial charge in [0.2, 0.25) is 0 Å². The maximum atomic E-state index is 14.4. The highest BCUT2D eigenvalue weighted by Gasteiger charge is 2.36. The fourth-order valence-corrected chi connectivity index (χ4v) is 3.29. The monoisotopic (exact) mass is 287 g/mol. The molecule has 0 aromatic carbocycles. The second kappa shape index (κ2) is 5.08. The van der Waals surface area contributed by atoms with Crippen molar-refractivity contribution in [3.8, 4) is 6.07 Å². The highest BCUT2D eigenvalue weighted by atomic mass is 19.1. The number of nitrogens with two attached hydrogens (primary N) is 1. The van der Waals surface area contributed by atoms with E-state index < -0.39 is 5.67 Å². The van der Waals surface area contributed by atoms with Gasteiger partial charge in [-0.25, -0.2) is 4.39 Å². The van der Waals surface area contributed by atoms with Gasteiger partial charge in [-0.05, 0) is 26.2 Å². The van der Waals surface area contributed by atoms with Crippen LogP contribution in [0.15, 0.2) is 12.4 Å². The van der Waals surface area contributed by atoms with Gasteiger partial charge in [0.15, 0.2) is 0 Å². The first-order chi connectivity index (χ1) is 10.00. The molecule has 3 rings (SSSR count). The number of rotatable bonds is 1. The van der Waals surface area contributed by atoms with E-state index in [1.807, 2.05) is 4.90 Å². The molecule has 1 saturated heterocycles. The number of halogens is 1. The summed E-state index contributed by atoms with van der Waals surface area (Å²) in [4.78, 5) is 10.6. The molecule has 1 aromatic rings. The Kier molecular flexibility index (Phi) is 3.38. The van der Waals surface area contributed by atoms with Crippen LogP contribution < -0.4 is 16.4 Å². The average molecular weight is 287 g/mol. The summed E-state index contributed by atoms with van der Waals surface area (Å²) in [5, 5.41) is 10.5. The Hall–Kier alpha value is -2.00. The molecule has 1 aliphatic carbocycles. The number of likely N-dealkylation sites (tertiary alicyclic amines) is 1. The van der Waals surface area contributed by atoms with Gasteiger partial charge in [-0.2, -0.15) is 5.26 Å². The van der Waals surface area contributed by atoms with Gasteiger partial charge in [-0.3, -0.25) is 9.97 Å². The van der Waals surface area contributed by atoms with Crippen molar-refractivity contribution in [2.24, 2.45) is 5.73 Å². The zero-order valence-electron chi connectivity index (χ0n) is 12.0. The molecule has 0 spiro atoms. The Labute approximate surface area is 122 Å². The van der Waals surface area contributed by atoms with E-state index in [-0.39, 0.29) is 6.04 Å². The SMILES string of the molecule is CC1(F)CC(N)CN(C2=c3nccnc3=C(C#N)CC2)C1. The van der Waals surface area contributed by atoms with Crippen LogP contribution in [-0.2, 0) is 0 Å². The van der Waals surface area contributed by atoms with Gasteiger partial charge < -0.3 is 10.6 Å². The fourth-order valence-electron chi connectivity index (χ4n) is 3.29. The Bertz CT molecular complexity index is 718. The maximum Gasteiger partial charge on any atom is 0.127 e. The van der Waals surface area contributed by atoms with E-state index in [1.165, 1.54) is 0 Å². The van der Waals surface area contributed by atoms with Crippen molar-refractivity contribution in [1.82, 2.24) is 14.9 Å². The van der Waals surface area contributed by atoms with Gasteiger partial charge in [0.25, 0.3) is 0 Å². The molecule has 0 bridgehead atoms. The molecule has 5 nitrogen and oxygen atoms in total. The van der Waals surface area contributed by atoms with E-state index >= 15 is 0 Å². The molecule has 2 N–H and O–H groups in total. The molecular weight excluding hydrogens is 269 g/mol. The molecule has 1 aliphatic heterocycles. The van der Waals surface area contributed by atoms with Crippen LogP contribution in [0.5, 0.6) is 0 Å². The van der Waals surface area contributed by atoms with E-state index in [0.29, 0.717) is 48.6 Å². The van der Waals surface area contributed by atoms with Crippen molar-refractivity contribution in [2.75, 3.05) is 13.1 Å². The number of hydrogen-bond donors (Lipinski definition) is 1. The van der Waals surface area contributed by atoms with E-state index in [0.717, 1.165) is 5.70 Å². The largest absolute Gasteiger partial charge is 0.368 e. The average Bonchev–Trinajstić information content (AvgIpc) is 2.44. The highest BCUT2D eigenvalue weighted by Crippen LogP contribution is 2.28. The second-order valence-corrected chi connectivity index (χ2v) is 6.05. The van der Waals surface area contributed by atoms with E-state index in [1.54, 1.807) is 19.3 Å². The summed E-state index contributed by atoms with van der Waals surface area (Å²) >= 11 is 0. The standard InChI is InChI=1S/C15H18FN5/c1-15(16)6-11(18)8-21(9-15)12-3-2-10(7-17)13-14(12)20-5-4-19-13/h4-5,11H,2-3,6,8-9,18H2,1H3. The molecule has 2 heterocycles. The first-order valence-corrected chi connectivity index (χ1v) is 7.13. The first-order valence-electron chi connectivity index (χ1n) is 7.13. The van der Waals surface area contributed by atoms with Crippen LogP contribution in [0.2, 0.25) is 0 Å². The van der Waals surface area contributed by atoms with E-state index in [4.69, 9.17) is 5.73 Å². The lowest BCUT2D eigenvalue weighted by molar-refractivity contribution is 0.0774. The molecule has 2 unspecified atom stereocenters. The third kappa shape index (κ3) is 2.61. The van der Waals surface area contributed by atoms with Crippen LogP contribution in [0.25, 0.3) is 11.3 Å². The summed E-state index contributed by atoms with van der Waals surface area (Å²) in [6.07, 6.45) is 4.86. The van der Waals surface area contributed by atoms with E-state index in [2.05, 4.69) is 16.0 Å². The maximum absolute atomic E-state index is 14.4. The molecule has 1 fully saturated rings. The number of nitriles is 1.